The largest absolute Gasteiger partial charge is 0.361 e. The van der Waals surface area contributed by atoms with Gasteiger partial charge in [-0.1, -0.05) is 48.5 Å². The van der Waals surface area contributed by atoms with E-state index in [0.29, 0.717) is 6.42 Å². The van der Waals surface area contributed by atoms with E-state index in [-0.39, 0.29) is 11.9 Å². The number of anilines is 1. The summed E-state index contributed by atoms with van der Waals surface area (Å²) in [6, 6.07) is 20.5. The quantitative estimate of drug-likeness (QED) is 0.477. The minimum atomic E-state index is 0.0682. The lowest BCUT2D eigenvalue weighted by molar-refractivity contribution is -0.121. The molecular formula is C24H25N5O. The number of aromatic nitrogens is 3. The first-order valence-corrected chi connectivity index (χ1v) is 10.5. The Morgan fingerprint density at radius 3 is 2.87 bits per heavy atom. The zero-order valence-corrected chi connectivity index (χ0v) is 16.8. The van der Waals surface area contributed by atoms with Gasteiger partial charge in [-0.05, 0) is 30.0 Å². The number of fused-ring (bicyclic) bond motifs is 1. The van der Waals surface area contributed by atoms with Gasteiger partial charge in [0.25, 0.3) is 0 Å². The van der Waals surface area contributed by atoms with Gasteiger partial charge in [0, 0.05) is 42.3 Å². The van der Waals surface area contributed by atoms with Crippen molar-refractivity contribution in [3.05, 3.63) is 72.4 Å². The fraction of sp³-hybridized carbons (Fsp3) is 0.250. The molecule has 152 valence electrons. The maximum Gasteiger partial charge on any atom is 0.224 e. The zero-order chi connectivity index (χ0) is 20.3. The van der Waals surface area contributed by atoms with Crippen molar-refractivity contribution in [2.75, 3.05) is 18.0 Å². The maximum absolute atomic E-state index is 12.7. The Balaban J connectivity index is 1.22. The number of rotatable bonds is 5. The second-order valence-electron chi connectivity index (χ2n) is 7.89. The first-order chi connectivity index (χ1) is 14.8. The monoisotopic (exact) mass is 399 g/mol. The first-order valence-electron chi connectivity index (χ1n) is 10.5. The molecule has 0 saturated carbocycles. The van der Waals surface area contributed by atoms with Crippen molar-refractivity contribution in [2.45, 2.75) is 25.3 Å². The van der Waals surface area contributed by atoms with Crippen LogP contribution in [0, 0.1) is 0 Å². The van der Waals surface area contributed by atoms with Gasteiger partial charge < -0.3 is 15.2 Å². The van der Waals surface area contributed by atoms with E-state index >= 15 is 0 Å². The average molecular weight is 399 g/mol. The molecule has 1 atom stereocenters. The van der Waals surface area contributed by atoms with E-state index in [9.17, 15) is 4.79 Å². The van der Waals surface area contributed by atoms with E-state index in [1.54, 1.807) is 0 Å². The number of para-hydroxylation sites is 1. The van der Waals surface area contributed by atoms with Crippen LogP contribution in [-0.4, -0.2) is 40.2 Å². The van der Waals surface area contributed by atoms with Crippen molar-refractivity contribution < 1.29 is 4.79 Å². The SMILES string of the molecule is O=C(Cc1c[nH]c2ccccc12)N[C@@H]1CCCN(c2cc(-c3ccccc3)[nH]n2)C1. The normalized spacial score (nSPS) is 16.7. The van der Waals surface area contributed by atoms with Crippen LogP contribution in [-0.2, 0) is 11.2 Å². The molecule has 3 heterocycles. The Bertz CT molecular complexity index is 1150. The number of aromatic amines is 2. The fourth-order valence-electron chi connectivity index (χ4n) is 4.27. The van der Waals surface area contributed by atoms with Gasteiger partial charge in [-0.15, -0.1) is 0 Å². The summed E-state index contributed by atoms with van der Waals surface area (Å²) in [7, 11) is 0. The van der Waals surface area contributed by atoms with Crippen molar-refractivity contribution in [1.82, 2.24) is 20.5 Å². The highest BCUT2D eigenvalue weighted by atomic mass is 16.1. The summed E-state index contributed by atoms with van der Waals surface area (Å²) < 4.78 is 0. The Morgan fingerprint density at radius 2 is 1.97 bits per heavy atom. The van der Waals surface area contributed by atoms with E-state index in [2.05, 4.69) is 49.7 Å². The molecule has 1 fully saturated rings. The summed E-state index contributed by atoms with van der Waals surface area (Å²) in [4.78, 5) is 18.2. The molecule has 0 unspecified atom stereocenters. The second-order valence-corrected chi connectivity index (χ2v) is 7.89. The molecule has 6 heteroatoms. The molecule has 30 heavy (non-hydrogen) atoms. The summed E-state index contributed by atoms with van der Waals surface area (Å²) >= 11 is 0. The second kappa shape index (κ2) is 8.06. The molecule has 1 aliphatic heterocycles. The van der Waals surface area contributed by atoms with Gasteiger partial charge in [-0.25, -0.2) is 0 Å². The standard InChI is InChI=1S/C24H25N5O/c30-24(13-18-15-25-21-11-5-4-10-20(18)21)26-19-9-6-12-29(16-19)23-14-22(27-28-23)17-7-2-1-3-8-17/h1-5,7-8,10-11,14-15,19,25H,6,9,12-13,16H2,(H,26,30)(H,27,28)/t19-/m1/s1. The molecule has 2 aromatic heterocycles. The maximum atomic E-state index is 12.7. The third-order valence-electron chi connectivity index (χ3n) is 5.79. The van der Waals surface area contributed by atoms with Crippen molar-refractivity contribution in [1.29, 1.82) is 0 Å². The number of piperidine rings is 1. The number of carbonyl (C=O) groups excluding carboxylic acids is 1. The van der Waals surface area contributed by atoms with Gasteiger partial charge in [0.05, 0.1) is 12.1 Å². The summed E-state index contributed by atoms with van der Waals surface area (Å²) in [5, 5.41) is 12.0. The summed E-state index contributed by atoms with van der Waals surface area (Å²) in [5.41, 5.74) is 4.24. The van der Waals surface area contributed by atoms with Crippen LogP contribution in [0.2, 0.25) is 0 Å². The van der Waals surface area contributed by atoms with Gasteiger partial charge in [0.1, 0.15) is 0 Å². The minimum absolute atomic E-state index is 0.0682. The highest BCUT2D eigenvalue weighted by molar-refractivity contribution is 5.89. The Kier molecular flexibility index (Phi) is 4.97. The van der Waals surface area contributed by atoms with Crippen LogP contribution in [0.4, 0.5) is 5.82 Å². The summed E-state index contributed by atoms with van der Waals surface area (Å²) in [6.07, 6.45) is 4.35. The molecule has 4 aromatic rings. The lowest BCUT2D eigenvalue weighted by Crippen LogP contribution is -2.48. The van der Waals surface area contributed by atoms with Gasteiger partial charge in [0.15, 0.2) is 5.82 Å². The topological polar surface area (TPSA) is 76.8 Å². The number of carbonyl (C=O) groups is 1. The van der Waals surface area contributed by atoms with Crippen LogP contribution in [0.15, 0.2) is 66.9 Å². The van der Waals surface area contributed by atoms with Gasteiger partial charge in [-0.2, -0.15) is 5.10 Å². The van der Waals surface area contributed by atoms with Crippen molar-refractivity contribution >= 4 is 22.6 Å². The van der Waals surface area contributed by atoms with Gasteiger partial charge in [0.2, 0.25) is 5.91 Å². The van der Waals surface area contributed by atoms with E-state index in [4.69, 9.17) is 0 Å². The van der Waals surface area contributed by atoms with Crippen molar-refractivity contribution in [2.24, 2.45) is 0 Å². The fourth-order valence-corrected chi connectivity index (χ4v) is 4.27. The molecule has 3 N–H and O–H groups in total. The number of hydrogen-bond donors (Lipinski definition) is 3. The predicted molar refractivity (Wildman–Crippen MR) is 119 cm³/mol. The Hall–Kier alpha value is -3.54. The van der Waals surface area contributed by atoms with E-state index in [1.807, 2.05) is 42.6 Å². The van der Waals surface area contributed by atoms with Crippen molar-refractivity contribution in [3.8, 4) is 11.3 Å². The van der Waals surface area contributed by atoms with E-state index in [0.717, 1.165) is 59.5 Å². The number of benzene rings is 2. The van der Waals surface area contributed by atoms with E-state index < -0.39 is 0 Å². The molecule has 6 nitrogen and oxygen atoms in total. The highest BCUT2D eigenvalue weighted by Gasteiger charge is 2.23. The predicted octanol–water partition coefficient (Wildman–Crippen LogP) is 3.89. The summed E-state index contributed by atoms with van der Waals surface area (Å²) in [5.74, 6) is 1.00. The van der Waals surface area contributed by atoms with Crippen LogP contribution in [0.25, 0.3) is 22.2 Å². The Labute approximate surface area is 175 Å². The van der Waals surface area contributed by atoms with Crippen LogP contribution in [0.3, 0.4) is 0 Å². The van der Waals surface area contributed by atoms with Crippen LogP contribution >= 0.6 is 0 Å². The van der Waals surface area contributed by atoms with Crippen LogP contribution in [0.5, 0.6) is 0 Å². The third-order valence-corrected chi connectivity index (χ3v) is 5.79. The number of nitrogens with one attached hydrogen (secondary N) is 3. The van der Waals surface area contributed by atoms with Gasteiger partial charge in [-0.3, -0.25) is 9.89 Å². The number of nitrogens with zero attached hydrogens (tertiary/aromatic N) is 2. The number of hydrogen-bond acceptors (Lipinski definition) is 3. The van der Waals surface area contributed by atoms with Crippen LogP contribution < -0.4 is 10.2 Å². The molecule has 1 aliphatic rings. The van der Waals surface area contributed by atoms with Crippen molar-refractivity contribution in [3.63, 3.8) is 0 Å². The number of H-pyrrole nitrogens is 2. The average Bonchev–Trinajstić information content (AvgIpc) is 3.43. The number of amides is 1. The molecule has 0 radical (unpaired) electrons. The molecule has 2 aromatic carbocycles. The first kappa shape index (κ1) is 18.5. The molecule has 5 rings (SSSR count). The Morgan fingerprint density at radius 1 is 1.13 bits per heavy atom. The molecule has 1 amide bonds. The molecule has 0 aliphatic carbocycles. The molecule has 0 spiro atoms. The lowest BCUT2D eigenvalue weighted by Gasteiger charge is -2.33. The summed E-state index contributed by atoms with van der Waals surface area (Å²) in [6.45, 7) is 1.73. The van der Waals surface area contributed by atoms with E-state index in [1.165, 1.54) is 0 Å². The lowest BCUT2D eigenvalue weighted by atomic mass is 10.0. The highest BCUT2D eigenvalue weighted by Crippen LogP contribution is 2.24. The minimum Gasteiger partial charge on any atom is -0.361 e. The smallest absolute Gasteiger partial charge is 0.224 e. The molecule has 1 saturated heterocycles. The molecule has 0 bridgehead atoms. The van der Waals surface area contributed by atoms with Gasteiger partial charge >= 0.3 is 0 Å². The third kappa shape index (κ3) is 3.81. The zero-order valence-electron chi connectivity index (χ0n) is 16.8. The molecular weight excluding hydrogens is 374 g/mol. The van der Waals surface area contributed by atoms with Crippen LogP contribution in [0.1, 0.15) is 18.4 Å².